The molecule has 1 aromatic rings. The van der Waals surface area contributed by atoms with Crippen LogP contribution >= 0.6 is 0 Å². The fourth-order valence-corrected chi connectivity index (χ4v) is 2.33. The summed E-state index contributed by atoms with van der Waals surface area (Å²) in [6.07, 6.45) is 2.23. The zero-order valence-corrected chi connectivity index (χ0v) is 11.7. The van der Waals surface area contributed by atoms with E-state index in [0.717, 1.165) is 12.0 Å². The highest BCUT2D eigenvalue weighted by Crippen LogP contribution is 2.32. The normalized spacial score (nSPS) is 19.5. The molecule has 0 heterocycles. The molecule has 1 atom stereocenters. The molecule has 1 saturated carbocycles. The Morgan fingerprint density at radius 3 is 2.32 bits per heavy atom. The second kappa shape index (κ2) is 5.16. The Balaban J connectivity index is 2.06. The Bertz CT molecular complexity index is 480. The molecular weight excluding hydrogens is 240 g/mol. The molecule has 0 saturated heterocycles. The van der Waals surface area contributed by atoms with Gasteiger partial charge in [0.05, 0.1) is 5.56 Å². The summed E-state index contributed by atoms with van der Waals surface area (Å²) in [4.78, 5) is 23.2. The van der Waals surface area contributed by atoms with Gasteiger partial charge in [0.25, 0.3) is 0 Å². The van der Waals surface area contributed by atoms with Crippen LogP contribution in [0.4, 0.5) is 0 Å². The van der Waals surface area contributed by atoms with Gasteiger partial charge < -0.3 is 4.74 Å². The van der Waals surface area contributed by atoms with Crippen molar-refractivity contribution in [2.45, 2.75) is 51.6 Å². The second-order valence-corrected chi connectivity index (χ2v) is 6.10. The molecule has 0 spiro atoms. The van der Waals surface area contributed by atoms with Gasteiger partial charge in [-0.2, -0.15) is 0 Å². The molecule has 0 N–H and O–H groups in total. The quantitative estimate of drug-likeness (QED) is 0.765. The van der Waals surface area contributed by atoms with Gasteiger partial charge in [0.15, 0.2) is 0 Å². The van der Waals surface area contributed by atoms with Crippen LogP contribution in [0.25, 0.3) is 0 Å². The van der Waals surface area contributed by atoms with Crippen LogP contribution in [0.3, 0.4) is 0 Å². The minimum absolute atomic E-state index is 0.304. The highest BCUT2D eigenvalue weighted by molar-refractivity contribution is 5.89. The van der Waals surface area contributed by atoms with Crippen LogP contribution in [0.15, 0.2) is 24.3 Å². The van der Waals surface area contributed by atoms with E-state index in [0.29, 0.717) is 30.1 Å². The summed E-state index contributed by atoms with van der Waals surface area (Å²) >= 11 is 0. The van der Waals surface area contributed by atoms with E-state index in [4.69, 9.17) is 4.74 Å². The van der Waals surface area contributed by atoms with Gasteiger partial charge in [0, 0.05) is 12.8 Å². The molecule has 0 aromatic heterocycles. The summed E-state index contributed by atoms with van der Waals surface area (Å²) in [5.74, 6) is 0.350. The fourth-order valence-electron chi connectivity index (χ4n) is 2.33. The lowest BCUT2D eigenvalue weighted by Gasteiger charge is -2.19. The van der Waals surface area contributed by atoms with E-state index in [-0.39, 0.29) is 5.97 Å². The Morgan fingerprint density at radius 1 is 1.21 bits per heavy atom. The summed E-state index contributed by atoms with van der Waals surface area (Å²) in [5, 5.41) is 0. The first kappa shape index (κ1) is 13.8. The van der Waals surface area contributed by atoms with E-state index in [1.54, 1.807) is 12.1 Å². The number of hydrogen-bond acceptors (Lipinski definition) is 3. The van der Waals surface area contributed by atoms with Crippen molar-refractivity contribution in [2.24, 2.45) is 0 Å². The Labute approximate surface area is 114 Å². The number of carbonyl (C=O) groups is 2. The molecule has 102 valence electrons. The summed E-state index contributed by atoms with van der Waals surface area (Å²) in [5.41, 5.74) is 1.22. The average Bonchev–Trinajstić information content (AvgIpc) is 2.74. The third-order valence-electron chi connectivity index (χ3n) is 3.26. The minimum atomic E-state index is -0.479. The number of carbonyl (C=O) groups excluding carboxylic acids is 2. The predicted octanol–water partition coefficient (Wildman–Crippen LogP) is 3.48. The van der Waals surface area contributed by atoms with Crippen LogP contribution in [0.2, 0.25) is 0 Å². The molecule has 1 aliphatic carbocycles. The van der Waals surface area contributed by atoms with Gasteiger partial charge in [-0.15, -0.1) is 0 Å². The zero-order valence-electron chi connectivity index (χ0n) is 11.7. The lowest BCUT2D eigenvalue weighted by Crippen LogP contribution is -2.23. The van der Waals surface area contributed by atoms with Crippen molar-refractivity contribution >= 4 is 11.8 Å². The third kappa shape index (κ3) is 3.66. The number of benzene rings is 1. The maximum absolute atomic E-state index is 11.9. The number of ketones is 1. The Hall–Kier alpha value is -1.64. The van der Waals surface area contributed by atoms with E-state index in [2.05, 4.69) is 0 Å². The Morgan fingerprint density at radius 2 is 1.84 bits per heavy atom. The van der Waals surface area contributed by atoms with Crippen LogP contribution in [0.1, 0.15) is 61.9 Å². The summed E-state index contributed by atoms with van der Waals surface area (Å²) in [6.45, 7) is 5.55. The summed E-state index contributed by atoms with van der Waals surface area (Å²) in [7, 11) is 0. The lowest BCUT2D eigenvalue weighted by molar-refractivity contribution is -0.117. The van der Waals surface area contributed by atoms with Crippen molar-refractivity contribution in [3.05, 3.63) is 35.4 Å². The van der Waals surface area contributed by atoms with Gasteiger partial charge in [-0.1, -0.05) is 12.1 Å². The maximum atomic E-state index is 11.9. The molecule has 1 fully saturated rings. The average molecular weight is 260 g/mol. The molecule has 0 bridgehead atoms. The summed E-state index contributed by atoms with van der Waals surface area (Å²) in [6, 6.07) is 7.43. The molecule has 3 nitrogen and oxygen atoms in total. The van der Waals surface area contributed by atoms with Crippen LogP contribution in [0.5, 0.6) is 0 Å². The fraction of sp³-hybridized carbons (Fsp3) is 0.500. The largest absolute Gasteiger partial charge is 0.456 e. The highest BCUT2D eigenvalue weighted by Gasteiger charge is 2.24. The molecule has 1 aliphatic rings. The van der Waals surface area contributed by atoms with Gasteiger partial charge in [-0.05, 0) is 50.8 Å². The van der Waals surface area contributed by atoms with Crippen LogP contribution in [-0.4, -0.2) is 17.4 Å². The lowest BCUT2D eigenvalue weighted by atomic mass is 9.96. The topological polar surface area (TPSA) is 43.4 Å². The SMILES string of the molecule is CC(C)(C)OC(=O)c1ccc(C2CCC(=O)C2)cc1. The molecular formula is C16H20O3. The van der Waals surface area contributed by atoms with E-state index in [1.807, 2.05) is 32.9 Å². The van der Waals surface area contributed by atoms with Crippen molar-refractivity contribution in [3.63, 3.8) is 0 Å². The molecule has 2 rings (SSSR count). The minimum Gasteiger partial charge on any atom is -0.456 e. The maximum Gasteiger partial charge on any atom is 0.338 e. The molecule has 1 unspecified atom stereocenters. The van der Waals surface area contributed by atoms with Crippen LogP contribution < -0.4 is 0 Å². The van der Waals surface area contributed by atoms with Gasteiger partial charge >= 0.3 is 5.97 Å². The van der Waals surface area contributed by atoms with Gasteiger partial charge in [0.2, 0.25) is 0 Å². The summed E-state index contributed by atoms with van der Waals surface area (Å²) < 4.78 is 5.31. The van der Waals surface area contributed by atoms with Crippen molar-refractivity contribution < 1.29 is 14.3 Å². The number of Topliss-reactive ketones (excluding diaryl/α,β-unsaturated/α-hetero) is 1. The second-order valence-electron chi connectivity index (χ2n) is 6.10. The number of hydrogen-bond donors (Lipinski definition) is 0. The van der Waals surface area contributed by atoms with Crippen molar-refractivity contribution in [3.8, 4) is 0 Å². The molecule has 3 heteroatoms. The van der Waals surface area contributed by atoms with Gasteiger partial charge in [-0.25, -0.2) is 4.79 Å². The van der Waals surface area contributed by atoms with Crippen molar-refractivity contribution in [2.75, 3.05) is 0 Å². The smallest absolute Gasteiger partial charge is 0.338 e. The molecule has 1 aromatic carbocycles. The number of rotatable bonds is 2. The van der Waals surface area contributed by atoms with Crippen LogP contribution in [0, 0.1) is 0 Å². The first-order valence-electron chi connectivity index (χ1n) is 6.70. The van der Waals surface area contributed by atoms with E-state index >= 15 is 0 Å². The monoisotopic (exact) mass is 260 g/mol. The first-order chi connectivity index (χ1) is 8.85. The third-order valence-corrected chi connectivity index (χ3v) is 3.26. The standard InChI is InChI=1S/C16H20O3/c1-16(2,3)19-15(18)12-6-4-11(5-7-12)13-8-9-14(17)10-13/h4-7,13H,8-10H2,1-3H3. The zero-order chi connectivity index (χ0) is 14.0. The van der Waals surface area contributed by atoms with Crippen molar-refractivity contribution in [1.82, 2.24) is 0 Å². The van der Waals surface area contributed by atoms with E-state index in [9.17, 15) is 9.59 Å². The van der Waals surface area contributed by atoms with Crippen LogP contribution in [-0.2, 0) is 9.53 Å². The molecule has 0 amide bonds. The first-order valence-corrected chi connectivity index (χ1v) is 6.70. The number of esters is 1. The highest BCUT2D eigenvalue weighted by atomic mass is 16.6. The number of ether oxygens (including phenoxy) is 1. The Kier molecular flexibility index (Phi) is 3.74. The van der Waals surface area contributed by atoms with Gasteiger partial charge in [-0.3, -0.25) is 4.79 Å². The van der Waals surface area contributed by atoms with Crippen molar-refractivity contribution in [1.29, 1.82) is 0 Å². The molecule has 19 heavy (non-hydrogen) atoms. The van der Waals surface area contributed by atoms with Gasteiger partial charge in [0.1, 0.15) is 11.4 Å². The predicted molar refractivity (Wildman–Crippen MR) is 73.2 cm³/mol. The molecule has 0 aliphatic heterocycles. The van der Waals surface area contributed by atoms with E-state index < -0.39 is 5.60 Å². The van der Waals surface area contributed by atoms with E-state index in [1.165, 1.54) is 0 Å². The molecule has 0 radical (unpaired) electrons.